The Labute approximate surface area is 156 Å². The summed E-state index contributed by atoms with van der Waals surface area (Å²) in [7, 11) is 1.77. The van der Waals surface area contributed by atoms with Crippen LogP contribution in [0.1, 0.15) is 50.8 Å². The number of carbonyl (C=O) groups excluding carboxylic acids is 2. The molecule has 3 rings (SSSR count). The third-order valence-electron chi connectivity index (χ3n) is 4.20. The summed E-state index contributed by atoms with van der Waals surface area (Å²) < 4.78 is 7.42. The molecule has 2 aromatic heterocycles. The van der Waals surface area contributed by atoms with Gasteiger partial charge in [0.05, 0.1) is 23.3 Å². The van der Waals surface area contributed by atoms with Crippen LogP contribution in [0.4, 0.5) is 0 Å². The molecule has 0 spiro atoms. The van der Waals surface area contributed by atoms with E-state index in [0.717, 1.165) is 16.8 Å². The van der Waals surface area contributed by atoms with Gasteiger partial charge < -0.3 is 15.4 Å². The van der Waals surface area contributed by atoms with Crippen molar-refractivity contribution in [2.24, 2.45) is 7.05 Å². The molecule has 0 aromatic carbocycles. The highest BCUT2D eigenvalue weighted by Gasteiger charge is 2.29. The maximum atomic E-state index is 12.5. The van der Waals surface area contributed by atoms with Crippen LogP contribution in [0.25, 0.3) is 0 Å². The van der Waals surface area contributed by atoms with Crippen LogP contribution in [0, 0.1) is 6.92 Å². The second-order valence-electron chi connectivity index (χ2n) is 6.86. The van der Waals surface area contributed by atoms with E-state index in [2.05, 4.69) is 15.7 Å². The fourth-order valence-electron chi connectivity index (χ4n) is 3.03. The summed E-state index contributed by atoms with van der Waals surface area (Å²) in [6.45, 7) is 6.56. The first-order valence-electron chi connectivity index (χ1n) is 8.65. The van der Waals surface area contributed by atoms with Gasteiger partial charge in [0.15, 0.2) is 0 Å². The normalized spacial score (nSPS) is 16.4. The molecule has 1 aliphatic rings. The van der Waals surface area contributed by atoms with Crippen LogP contribution in [0.2, 0.25) is 0 Å². The third-order valence-corrected chi connectivity index (χ3v) is 5.24. The number of hydrogen-bond donors (Lipinski definition) is 2. The van der Waals surface area contributed by atoms with Gasteiger partial charge in [-0.2, -0.15) is 5.10 Å². The molecule has 0 fully saturated rings. The summed E-state index contributed by atoms with van der Waals surface area (Å²) in [6, 6.07) is 1.92. The van der Waals surface area contributed by atoms with Crippen LogP contribution in [0.5, 0.6) is 0 Å². The average molecular weight is 376 g/mol. The summed E-state index contributed by atoms with van der Waals surface area (Å²) in [5.41, 5.74) is 3.35. The number of fused-ring (bicyclic) bond motifs is 1. The smallest absolute Gasteiger partial charge is 0.270 e. The molecule has 8 heteroatoms. The lowest BCUT2D eigenvalue weighted by molar-refractivity contribution is 0.0265. The highest BCUT2D eigenvalue weighted by molar-refractivity contribution is 7.12. The highest BCUT2D eigenvalue weighted by atomic mass is 32.1. The number of thiophene rings is 1. The molecular formula is C18H24N4O3S. The van der Waals surface area contributed by atoms with Gasteiger partial charge in [0.25, 0.3) is 11.8 Å². The van der Waals surface area contributed by atoms with Gasteiger partial charge >= 0.3 is 0 Å². The van der Waals surface area contributed by atoms with E-state index in [4.69, 9.17) is 4.74 Å². The minimum absolute atomic E-state index is 0.0530. The number of amides is 2. The Morgan fingerprint density at radius 2 is 2.19 bits per heavy atom. The van der Waals surface area contributed by atoms with Crippen molar-refractivity contribution in [1.82, 2.24) is 20.4 Å². The predicted octanol–water partition coefficient (Wildman–Crippen LogP) is 1.80. The Morgan fingerprint density at radius 1 is 1.42 bits per heavy atom. The Hall–Kier alpha value is -2.19. The van der Waals surface area contributed by atoms with E-state index in [1.807, 2.05) is 32.2 Å². The number of ether oxygens (including phenoxy) is 1. The topological polar surface area (TPSA) is 85.2 Å². The molecule has 140 valence electrons. The van der Waals surface area contributed by atoms with Crippen LogP contribution in [-0.2, 0) is 24.8 Å². The fourth-order valence-corrected chi connectivity index (χ4v) is 3.84. The van der Waals surface area contributed by atoms with Crippen molar-refractivity contribution < 1.29 is 14.3 Å². The molecule has 2 N–H and O–H groups in total. The zero-order valence-electron chi connectivity index (χ0n) is 15.5. The number of hydrogen-bond acceptors (Lipinski definition) is 5. The second-order valence-corrected chi connectivity index (χ2v) is 7.77. The average Bonchev–Trinajstić information content (AvgIpc) is 3.14. The van der Waals surface area contributed by atoms with Gasteiger partial charge in [-0.3, -0.25) is 14.3 Å². The van der Waals surface area contributed by atoms with E-state index in [1.54, 1.807) is 11.7 Å². The SMILES string of the molecule is Cc1csc(C(=O)NCC2Cc3c(nn(C)c3C(=O)NC(C)C)CO2)c1. The Bertz CT molecular complexity index is 825. The summed E-state index contributed by atoms with van der Waals surface area (Å²) in [5, 5.41) is 12.2. The summed E-state index contributed by atoms with van der Waals surface area (Å²) in [6.07, 6.45) is 0.371. The van der Waals surface area contributed by atoms with Gasteiger partial charge in [-0.05, 0) is 37.8 Å². The van der Waals surface area contributed by atoms with Crippen molar-refractivity contribution in [3.8, 4) is 0 Å². The summed E-state index contributed by atoms with van der Waals surface area (Å²) >= 11 is 1.43. The first-order valence-corrected chi connectivity index (χ1v) is 9.53. The number of aryl methyl sites for hydroxylation is 2. The van der Waals surface area contributed by atoms with Crippen molar-refractivity contribution in [2.45, 2.75) is 45.9 Å². The molecule has 3 heterocycles. The van der Waals surface area contributed by atoms with Gasteiger partial charge in [0, 0.05) is 31.6 Å². The zero-order chi connectivity index (χ0) is 18.8. The molecule has 2 amide bonds. The lowest BCUT2D eigenvalue weighted by atomic mass is 10.0. The molecule has 0 saturated heterocycles. The summed E-state index contributed by atoms with van der Waals surface area (Å²) in [4.78, 5) is 25.4. The number of aromatic nitrogens is 2. The van der Waals surface area contributed by atoms with Crippen molar-refractivity contribution in [3.63, 3.8) is 0 Å². The van der Waals surface area contributed by atoms with E-state index >= 15 is 0 Å². The Balaban J connectivity index is 1.67. The second kappa shape index (κ2) is 7.59. The zero-order valence-corrected chi connectivity index (χ0v) is 16.3. The van der Waals surface area contributed by atoms with Gasteiger partial charge in [-0.1, -0.05) is 0 Å². The molecule has 0 saturated carbocycles. The number of nitrogens with zero attached hydrogens (tertiary/aromatic N) is 2. The minimum atomic E-state index is -0.178. The molecule has 1 aliphatic heterocycles. The number of nitrogens with one attached hydrogen (secondary N) is 2. The third kappa shape index (κ3) is 3.96. The summed E-state index contributed by atoms with van der Waals surface area (Å²) in [5.74, 6) is -0.226. The van der Waals surface area contributed by atoms with Gasteiger partial charge in [-0.15, -0.1) is 11.3 Å². The lowest BCUT2D eigenvalue weighted by Crippen LogP contribution is -2.37. The molecule has 0 bridgehead atoms. The van der Waals surface area contributed by atoms with Crippen LogP contribution >= 0.6 is 11.3 Å². The Kier molecular flexibility index (Phi) is 5.43. The van der Waals surface area contributed by atoms with Crippen LogP contribution in [0.3, 0.4) is 0 Å². The molecular weight excluding hydrogens is 352 g/mol. The van der Waals surface area contributed by atoms with Crippen LogP contribution < -0.4 is 10.6 Å². The van der Waals surface area contributed by atoms with Crippen molar-refractivity contribution >= 4 is 23.2 Å². The van der Waals surface area contributed by atoms with E-state index in [1.165, 1.54) is 11.3 Å². The number of rotatable bonds is 5. The predicted molar refractivity (Wildman–Crippen MR) is 99.5 cm³/mol. The van der Waals surface area contributed by atoms with E-state index in [-0.39, 0.29) is 24.0 Å². The van der Waals surface area contributed by atoms with Gasteiger partial charge in [0.2, 0.25) is 0 Å². The fraction of sp³-hybridized carbons (Fsp3) is 0.500. The minimum Gasteiger partial charge on any atom is -0.370 e. The van der Waals surface area contributed by atoms with Gasteiger partial charge in [0.1, 0.15) is 5.69 Å². The van der Waals surface area contributed by atoms with Gasteiger partial charge in [-0.25, -0.2) is 0 Å². The molecule has 0 radical (unpaired) electrons. The molecule has 0 aliphatic carbocycles. The first kappa shape index (κ1) is 18.6. The van der Waals surface area contributed by atoms with E-state index < -0.39 is 0 Å². The van der Waals surface area contributed by atoms with E-state index in [0.29, 0.717) is 30.1 Å². The molecule has 26 heavy (non-hydrogen) atoms. The molecule has 2 aromatic rings. The lowest BCUT2D eigenvalue weighted by Gasteiger charge is -2.23. The van der Waals surface area contributed by atoms with E-state index in [9.17, 15) is 9.59 Å². The van der Waals surface area contributed by atoms with Crippen molar-refractivity contribution in [2.75, 3.05) is 6.54 Å². The Morgan fingerprint density at radius 3 is 2.85 bits per heavy atom. The number of carbonyl (C=O) groups is 2. The molecule has 1 unspecified atom stereocenters. The molecule has 7 nitrogen and oxygen atoms in total. The first-order chi connectivity index (χ1) is 12.3. The maximum Gasteiger partial charge on any atom is 0.270 e. The van der Waals surface area contributed by atoms with Crippen molar-refractivity contribution in [3.05, 3.63) is 38.8 Å². The largest absolute Gasteiger partial charge is 0.370 e. The maximum absolute atomic E-state index is 12.5. The standard InChI is InChI=1S/C18H24N4O3S/c1-10(2)20-18(24)16-13-6-12(25-8-14(13)21-22(16)4)7-19-17(23)15-5-11(3)9-26-15/h5,9-10,12H,6-8H2,1-4H3,(H,19,23)(H,20,24). The highest BCUT2D eigenvalue weighted by Crippen LogP contribution is 2.23. The quantitative estimate of drug-likeness (QED) is 0.833. The molecule has 1 atom stereocenters. The van der Waals surface area contributed by atoms with Crippen molar-refractivity contribution in [1.29, 1.82) is 0 Å². The monoisotopic (exact) mass is 376 g/mol. The van der Waals surface area contributed by atoms with Crippen LogP contribution in [0.15, 0.2) is 11.4 Å². The van der Waals surface area contributed by atoms with Crippen LogP contribution in [-0.4, -0.2) is 40.3 Å².